The summed E-state index contributed by atoms with van der Waals surface area (Å²) in [4.78, 5) is 15.3. The van der Waals surface area contributed by atoms with Crippen molar-refractivity contribution in [3.63, 3.8) is 0 Å². The zero-order valence-corrected chi connectivity index (χ0v) is 9.63. The molecule has 0 aromatic carbocycles. The number of anilines is 1. The maximum atomic E-state index is 11.2. The summed E-state index contributed by atoms with van der Waals surface area (Å²) in [7, 11) is 1.36. The first kappa shape index (κ1) is 10.4. The Labute approximate surface area is 92.7 Å². The third-order valence-electron chi connectivity index (χ3n) is 2.83. The maximum Gasteiger partial charge on any atom is 0.357 e. The van der Waals surface area contributed by atoms with Crippen molar-refractivity contribution >= 4 is 22.4 Å². The summed E-state index contributed by atoms with van der Waals surface area (Å²) in [6, 6.07) is 0.515. The van der Waals surface area contributed by atoms with Gasteiger partial charge in [0.25, 0.3) is 0 Å². The molecule has 1 saturated carbocycles. The molecule has 1 aromatic rings. The molecule has 15 heavy (non-hydrogen) atoms. The minimum atomic E-state index is -0.374. The predicted octanol–water partition coefficient (Wildman–Crippen LogP) is 2.14. The number of carbonyl (C=O) groups is 1. The van der Waals surface area contributed by atoms with Gasteiger partial charge in [-0.05, 0) is 18.8 Å². The zero-order chi connectivity index (χ0) is 10.8. The summed E-state index contributed by atoms with van der Waals surface area (Å²) in [6.07, 6.45) is 2.46. The molecular weight excluding hydrogens is 212 g/mol. The van der Waals surface area contributed by atoms with Crippen molar-refractivity contribution in [3.8, 4) is 0 Å². The van der Waals surface area contributed by atoms with Crippen LogP contribution >= 0.6 is 11.3 Å². The SMILES string of the molecule is COC(=O)c1csc(NC2CCC2C)n1. The topological polar surface area (TPSA) is 51.2 Å². The smallest absolute Gasteiger partial charge is 0.357 e. The van der Waals surface area contributed by atoms with Gasteiger partial charge in [0.1, 0.15) is 0 Å². The number of rotatable bonds is 3. The van der Waals surface area contributed by atoms with Gasteiger partial charge >= 0.3 is 5.97 Å². The molecule has 1 fully saturated rings. The van der Waals surface area contributed by atoms with E-state index in [4.69, 9.17) is 0 Å². The second-order valence-corrected chi connectivity index (χ2v) is 4.69. The molecule has 4 nitrogen and oxygen atoms in total. The van der Waals surface area contributed by atoms with E-state index in [1.807, 2.05) is 0 Å². The van der Waals surface area contributed by atoms with E-state index in [0.717, 1.165) is 5.13 Å². The highest BCUT2D eigenvalue weighted by Gasteiger charge is 2.27. The normalized spacial score (nSPS) is 24.4. The Balaban J connectivity index is 1.98. The average molecular weight is 226 g/mol. The molecule has 0 saturated heterocycles. The van der Waals surface area contributed by atoms with Crippen molar-refractivity contribution in [3.05, 3.63) is 11.1 Å². The van der Waals surface area contributed by atoms with E-state index >= 15 is 0 Å². The summed E-state index contributed by atoms with van der Waals surface area (Å²) in [5, 5.41) is 5.86. The molecule has 0 aliphatic heterocycles. The fraction of sp³-hybridized carbons (Fsp3) is 0.600. The summed E-state index contributed by atoms with van der Waals surface area (Å²) in [5.74, 6) is 0.330. The third kappa shape index (κ3) is 2.12. The van der Waals surface area contributed by atoms with Crippen LogP contribution in [0.4, 0.5) is 5.13 Å². The molecule has 0 amide bonds. The highest BCUT2D eigenvalue weighted by molar-refractivity contribution is 7.13. The molecule has 82 valence electrons. The second kappa shape index (κ2) is 4.18. The first-order valence-corrected chi connectivity index (χ1v) is 5.89. The van der Waals surface area contributed by atoms with Gasteiger partial charge in [0.05, 0.1) is 7.11 Å². The maximum absolute atomic E-state index is 11.2. The molecule has 1 aromatic heterocycles. The van der Waals surface area contributed by atoms with Crippen LogP contribution in [0.25, 0.3) is 0 Å². The Morgan fingerprint density at radius 3 is 3.00 bits per heavy atom. The Morgan fingerprint density at radius 2 is 2.47 bits per heavy atom. The predicted molar refractivity (Wildman–Crippen MR) is 59.3 cm³/mol. The van der Waals surface area contributed by atoms with Gasteiger partial charge in [-0.15, -0.1) is 11.3 Å². The van der Waals surface area contributed by atoms with E-state index < -0.39 is 0 Å². The van der Waals surface area contributed by atoms with Gasteiger partial charge in [-0.2, -0.15) is 0 Å². The lowest BCUT2D eigenvalue weighted by Gasteiger charge is -2.34. The number of hydrogen-bond acceptors (Lipinski definition) is 5. The average Bonchev–Trinajstić information content (AvgIpc) is 2.71. The Bertz CT molecular complexity index is 364. The Hall–Kier alpha value is -1.10. The number of nitrogens with zero attached hydrogens (tertiary/aromatic N) is 1. The highest BCUT2D eigenvalue weighted by Crippen LogP contribution is 2.30. The molecule has 0 radical (unpaired) electrons. The number of hydrogen-bond donors (Lipinski definition) is 1. The van der Waals surface area contributed by atoms with Crippen LogP contribution < -0.4 is 5.32 Å². The molecule has 5 heteroatoms. The quantitative estimate of drug-likeness (QED) is 0.802. The van der Waals surface area contributed by atoms with Crippen LogP contribution in [-0.4, -0.2) is 24.1 Å². The number of aromatic nitrogens is 1. The Kier molecular flexibility index (Phi) is 2.90. The van der Waals surface area contributed by atoms with Gasteiger partial charge in [-0.1, -0.05) is 6.92 Å². The summed E-state index contributed by atoms with van der Waals surface area (Å²) < 4.78 is 4.59. The monoisotopic (exact) mass is 226 g/mol. The summed E-state index contributed by atoms with van der Waals surface area (Å²) >= 11 is 1.45. The van der Waals surface area contributed by atoms with Gasteiger partial charge in [-0.25, -0.2) is 9.78 Å². The number of esters is 1. The van der Waals surface area contributed by atoms with Crippen molar-refractivity contribution in [2.75, 3.05) is 12.4 Å². The van der Waals surface area contributed by atoms with Crippen LogP contribution in [0.1, 0.15) is 30.3 Å². The van der Waals surface area contributed by atoms with Crippen LogP contribution in [-0.2, 0) is 4.74 Å². The van der Waals surface area contributed by atoms with Crippen molar-refractivity contribution < 1.29 is 9.53 Å². The van der Waals surface area contributed by atoms with E-state index in [0.29, 0.717) is 17.7 Å². The van der Waals surface area contributed by atoms with E-state index in [1.54, 1.807) is 5.38 Å². The Morgan fingerprint density at radius 1 is 1.67 bits per heavy atom. The zero-order valence-electron chi connectivity index (χ0n) is 8.82. The standard InChI is InChI=1S/C10H14N2O2S/c1-6-3-4-7(6)11-10-12-8(5-15-10)9(13)14-2/h5-7H,3-4H2,1-2H3,(H,11,12). The molecular formula is C10H14N2O2S. The van der Waals surface area contributed by atoms with Crippen LogP contribution in [0.5, 0.6) is 0 Å². The molecule has 1 N–H and O–H groups in total. The third-order valence-corrected chi connectivity index (χ3v) is 3.60. The lowest BCUT2D eigenvalue weighted by atomic mass is 9.81. The van der Waals surface area contributed by atoms with Gasteiger partial charge in [0.15, 0.2) is 10.8 Å². The van der Waals surface area contributed by atoms with E-state index in [-0.39, 0.29) is 5.97 Å². The minimum Gasteiger partial charge on any atom is -0.464 e. The molecule has 2 unspecified atom stereocenters. The molecule has 1 aliphatic rings. The first-order chi connectivity index (χ1) is 7.20. The van der Waals surface area contributed by atoms with Crippen molar-refractivity contribution in [2.24, 2.45) is 5.92 Å². The van der Waals surface area contributed by atoms with Crippen LogP contribution in [0, 0.1) is 5.92 Å². The second-order valence-electron chi connectivity index (χ2n) is 3.83. The number of nitrogens with one attached hydrogen (secondary N) is 1. The summed E-state index contributed by atoms with van der Waals surface area (Å²) in [6.45, 7) is 2.22. The lowest BCUT2D eigenvalue weighted by Crippen LogP contribution is -2.36. The van der Waals surface area contributed by atoms with Crippen LogP contribution in [0.3, 0.4) is 0 Å². The van der Waals surface area contributed by atoms with Gasteiger partial charge in [0, 0.05) is 11.4 Å². The fourth-order valence-corrected chi connectivity index (χ4v) is 2.32. The molecule has 1 heterocycles. The van der Waals surface area contributed by atoms with Crippen molar-refractivity contribution in [1.82, 2.24) is 4.98 Å². The number of carbonyl (C=O) groups excluding carboxylic acids is 1. The number of ether oxygens (including phenoxy) is 1. The molecule has 0 spiro atoms. The largest absolute Gasteiger partial charge is 0.464 e. The number of thiazole rings is 1. The first-order valence-electron chi connectivity index (χ1n) is 5.01. The molecule has 0 bridgehead atoms. The van der Waals surface area contributed by atoms with E-state index in [1.165, 1.54) is 31.3 Å². The van der Waals surface area contributed by atoms with Crippen molar-refractivity contribution in [1.29, 1.82) is 0 Å². The lowest BCUT2D eigenvalue weighted by molar-refractivity contribution is 0.0595. The van der Waals surface area contributed by atoms with E-state index in [2.05, 4.69) is 22.0 Å². The van der Waals surface area contributed by atoms with Gasteiger partial charge in [-0.3, -0.25) is 0 Å². The van der Waals surface area contributed by atoms with E-state index in [9.17, 15) is 4.79 Å². The van der Waals surface area contributed by atoms with Gasteiger partial charge in [0.2, 0.25) is 0 Å². The number of methoxy groups -OCH3 is 1. The van der Waals surface area contributed by atoms with Gasteiger partial charge < -0.3 is 10.1 Å². The van der Waals surface area contributed by atoms with Crippen LogP contribution in [0.15, 0.2) is 5.38 Å². The molecule has 2 atom stereocenters. The summed E-state index contributed by atoms with van der Waals surface area (Å²) in [5.41, 5.74) is 0.386. The van der Waals surface area contributed by atoms with Crippen molar-refractivity contribution in [2.45, 2.75) is 25.8 Å². The minimum absolute atomic E-state index is 0.374. The van der Waals surface area contributed by atoms with Crippen LogP contribution in [0.2, 0.25) is 0 Å². The highest BCUT2D eigenvalue weighted by atomic mass is 32.1. The molecule has 2 rings (SSSR count). The fourth-order valence-electron chi connectivity index (χ4n) is 1.58. The molecule has 1 aliphatic carbocycles.